The van der Waals surface area contributed by atoms with Crippen molar-refractivity contribution < 1.29 is 33.7 Å². The van der Waals surface area contributed by atoms with Crippen LogP contribution in [0.2, 0.25) is 0 Å². The molecule has 0 aliphatic carbocycles. The molecule has 234 valence electrons. The fraction of sp³-hybridized carbons (Fsp3) is 0.400. The second-order valence-electron chi connectivity index (χ2n) is 12.0. The summed E-state index contributed by atoms with van der Waals surface area (Å²) >= 11 is 1.68. The van der Waals surface area contributed by atoms with Crippen molar-refractivity contribution in [3.8, 4) is 11.5 Å². The maximum Gasteiger partial charge on any atom is 0.528 e. The predicted octanol–water partition coefficient (Wildman–Crippen LogP) is 7.83. The molecule has 0 spiro atoms. The molecule has 44 heavy (non-hydrogen) atoms. The van der Waals surface area contributed by atoms with Crippen LogP contribution in [0.5, 0.6) is 11.5 Å². The van der Waals surface area contributed by atoms with Crippen molar-refractivity contribution in [1.29, 1.82) is 0 Å². The first-order valence-electron chi connectivity index (χ1n) is 15.0. The SMILES string of the molecule is CC(C)(C)OC(=O)ON1CCC(c2ccc(OCCCOCc3ccsc3)cc2)C(OCc2ccc3ccc(O)cc3c2)C1. The van der Waals surface area contributed by atoms with Gasteiger partial charge in [0.15, 0.2) is 0 Å². The van der Waals surface area contributed by atoms with E-state index < -0.39 is 11.8 Å². The van der Waals surface area contributed by atoms with E-state index in [9.17, 15) is 9.90 Å². The molecular formula is C35H41NO7S. The summed E-state index contributed by atoms with van der Waals surface area (Å²) in [5.41, 5.74) is 2.70. The molecule has 2 unspecified atom stereocenters. The number of fused-ring (bicyclic) bond motifs is 1. The van der Waals surface area contributed by atoms with Gasteiger partial charge in [-0.3, -0.25) is 0 Å². The molecule has 9 heteroatoms. The fourth-order valence-electron chi connectivity index (χ4n) is 5.20. The Balaban J connectivity index is 1.19. The normalized spacial score (nSPS) is 17.4. The van der Waals surface area contributed by atoms with E-state index in [0.717, 1.165) is 40.5 Å². The molecule has 1 aromatic heterocycles. The molecule has 0 radical (unpaired) electrons. The van der Waals surface area contributed by atoms with Crippen LogP contribution in [0.25, 0.3) is 10.8 Å². The van der Waals surface area contributed by atoms with E-state index in [1.54, 1.807) is 28.5 Å². The predicted molar refractivity (Wildman–Crippen MR) is 171 cm³/mol. The van der Waals surface area contributed by atoms with Gasteiger partial charge in [-0.05, 0) is 102 Å². The minimum absolute atomic E-state index is 0.0949. The number of thiophene rings is 1. The third kappa shape index (κ3) is 9.43. The largest absolute Gasteiger partial charge is 0.528 e. The molecule has 1 fully saturated rings. The zero-order chi connectivity index (χ0) is 30.9. The van der Waals surface area contributed by atoms with Crippen molar-refractivity contribution in [3.63, 3.8) is 0 Å². The number of carbonyl (C=O) groups is 1. The summed E-state index contributed by atoms with van der Waals surface area (Å²) in [5.74, 6) is 1.14. The average Bonchev–Trinajstić information content (AvgIpc) is 3.51. The van der Waals surface area contributed by atoms with Crippen molar-refractivity contribution in [1.82, 2.24) is 5.06 Å². The van der Waals surface area contributed by atoms with E-state index in [0.29, 0.717) is 39.5 Å². The lowest BCUT2D eigenvalue weighted by Crippen LogP contribution is -2.45. The van der Waals surface area contributed by atoms with Crippen LogP contribution in [-0.2, 0) is 32.3 Å². The van der Waals surface area contributed by atoms with E-state index in [4.69, 9.17) is 23.8 Å². The van der Waals surface area contributed by atoms with Gasteiger partial charge in [-0.2, -0.15) is 11.3 Å². The van der Waals surface area contributed by atoms with Gasteiger partial charge in [0.1, 0.15) is 17.1 Å². The first-order chi connectivity index (χ1) is 21.2. The molecule has 4 aromatic rings. The number of hydrogen-bond acceptors (Lipinski definition) is 9. The third-order valence-electron chi connectivity index (χ3n) is 7.33. The molecule has 2 atom stereocenters. The summed E-state index contributed by atoms with van der Waals surface area (Å²) in [4.78, 5) is 17.9. The van der Waals surface area contributed by atoms with Crippen LogP contribution in [0.15, 0.2) is 77.5 Å². The Hall–Kier alpha value is -3.63. The molecule has 0 amide bonds. The van der Waals surface area contributed by atoms with Crippen LogP contribution >= 0.6 is 11.3 Å². The molecule has 3 aromatic carbocycles. The van der Waals surface area contributed by atoms with Gasteiger partial charge in [0.05, 0.1) is 39.1 Å². The third-order valence-corrected chi connectivity index (χ3v) is 8.06. The van der Waals surface area contributed by atoms with Crippen LogP contribution < -0.4 is 4.74 Å². The van der Waals surface area contributed by atoms with Gasteiger partial charge < -0.3 is 28.9 Å². The van der Waals surface area contributed by atoms with Crippen molar-refractivity contribution in [3.05, 3.63) is 94.2 Å². The quantitative estimate of drug-likeness (QED) is 0.127. The number of benzene rings is 3. The van der Waals surface area contributed by atoms with Gasteiger partial charge >= 0.3 is 6.16 Å². The highest BCUT2D eigenvalue weighted by atomic mass is 32.1. The summed E-state index contributed by atoms with van der Waals surface area (Å²) < 4.78 is 23.5. The topological polar surface area (TPSA) is 86.7 Å². The number of rotatable bonds is 12. The zero-order valence-electron chi connectivity index (χ0n) is 25.6. The Kier molecular flexibility index (Phi) is 10.8. The minimum atomic E-state index is -0.720. The molecule has 1 aliphatic heterocycles. The average molecular weight is 620 g/mol. The van der Waals surface area contributed by atoms with Crippen molar-refractivity contribution in [2.75, 3.05) is 26.3 Å². The van der Waals surface area contributed by atoms with Crippen LogP contribution in [0.3, 0.4) is 0 Å². The van der Waals surface area contributed by atoms with Crippen LogP contribution in [0.4, 0.5) is 4.79 Å². The Labute approximate surface area is 263 Å². The molecular weight excluding hydrogens is 578 g/mol. The van der Waals surface area contributed by atoms with E-state index >= 15 is 0 Å². The second-order valence-corrected chi connectivity index (χ2v) is 12.8. The number of carbonyl (C=O) groups excluding carboxylic acids is 1. The number of hydroxylamine groups is 2. The summed E-state index contributed by atoms with van der Waals surface area (Å²) in [5, 5.41) is 17.7. The molecule has 8 nitrogen and oxygen atoms in total. The number of phenols is 1. The van der Waals surface area contributed by atoms with E-state index in [1.807, 2.05) is 57.2 Å². The van der Waals surface area contributed by atoms with Crippen LogP contribution in [0, 0.1) is 0 Å². The number of hydrogen-bond donors (Lipinski definition) is 1. The summed E-state index contributed by atoms with van der Waals surface area (Å²) in [7, 11) is 0. The van der Waals surface area contributed by atoms with Gasteiger partial charge in [0.2, 0.25) is 0 Å². The first-order valence-corrected chi connectivity index (χ1v) is 16.0. The van der Waals surface area contributed by atoms with E-state index in [2.05, 4.69) is 29.0 Å². The van der Waals surface area contributed by atoms with Gasteiger partial charge in [-0.25, -0.2) is 4.79 Å². The van der Waals surface area contributed by atoms with Crippen molar-refractivity contribution in [2.45, 2.75) is 64.4 Å². The molecule has 5 rings (SSSR count). The van der Waals surface area contributed by atoms with Gasteiger partial charge in [-0.15, -0.1) is 5.06 Å². The lowest BCUT2D eigenvalue weighted by molar-refractivity contribution is -0.179. The number of aromatic hydroxyl groups is 1. The molecule has 0 bridgehead atoms. The highest BCUT2D eigenvalue weighted by Gasteiger charge is 2.34. The number of piperidine rings is 1. The number of phenolic OH excluding ortho intramolecular Hbond substituents is 1. The Morgan fingerprint density at radius 2 is 1.77 bits per heavy atom. The monoisotopic (exact) mass is 619 g/mol. The first kappa shape index (κ1) is 31.8. The van der Waals surface area contributed by atoms with Gasteiger partial charge in [-0.1, -0.05) is 30.3 Å². The molecule has 1 N–H and O–H groups in total. The van der Waals surface area contributed by atoms with Crippen LogP contribution in [-0.4, -0.2) is 54.3 Å². The maximum absolute atomic E-state index is 12.4. The fourth-order valence-corrected chi connectivity index (χ4v) is 5.85. The lowest BCUT2D eigenvalue weighted by Gasteiger charge is -2.37. The maximum atomic E-state index is 12.4. The highest BCUT2D eigenvalue weighted by molar-refractivity contribution is 7.07. The Morgan fingerprint density at radius 1 is 0.955 bits per heavy atom. The standard InChI is InChI=1S/C35H41NO7S/c1-35(2,3)42-34(38)43-36-15-13-32(33(21-36)41-23-25-5-6-27-7-10-30(37)20-29(27)19-25)28-8-11-31(12-9-28)40-17-4-16-39-22-26-14-18-44-24-26/h5-12,14,18-20,24,32-33,37H,4,13,15-17,21-23H2,1-3H3. The summed E-state index contributed by atoms with van der Waals surface area (Å²) in [6.45, 7) is 8.63. The summed E-state index contributed by atoms with van der Waals surface area (Å²) in [6, 6.07) is 21.7. The van der Waals surface area contributed by atoms with E-state index in [-0.39, 0.29) is 17.8 Å². The molecule has 2 heterocycles. The molecule has 0 saturated carbocycles. The van der Waals surface area contributed by atoms with Gasteiger partial charge in [0.25, 0.3) is 0 Å². The summed E-state index contributed by atoms with van der Waals surface area (Å²) in [6.07, 6.45) is 0.591. The van der Waals surface area contributed by atoms with Gasteiger partial charge in [0, 0.05) is 18.9 Å². The molecule has 1 saturated heterocycles. The van der Waals surface area contributed by atoms with E-state index in [1.165, 1.54) is 5.56 Å². The zero-order valence-corrected chi connectivity index (χ0v) is 26.4. The van der Waals surface area contributed by atoms with Crippen LogP contribution in [0.1, 0.15) is 56.2 Å². The Morgan fingerprint density at radius 3 is 2.55 bits per heavy atom. The lowest BCUT2D eigenvalue weighted by atomic mass is 9.87. The molecule has 1 aliphatic rings. The number of nitrogens with zero attached hydrogens (tertiary/aromatic N) is 1. The Bertz CT molecular complexity index is 1480. The second kappa shape index (κ2) is 14.9. The number of ether oxygens (including phenoxy) is 4. The van der Waals surface area contributed by atoms with Crippen molar-refractivity contribution >= 4 is 28.3 Å². The minimum Gasteiger partial charge on any atom is -0.508 e. The smallest absolute Gasteiger partial charge is 0.508 e. The van der Waals surface area contributed by atoms with Crippen molar-refractivity contribution in [2.24, 2.45) is 0 Å². The highest BCUT2D eigenvalue weighted by Crippen LogP contribution is 2.33.